The summed E-state index contributed by atoms with van der Waals surface area (Å²) in [6.45, 7) is 10.9. The molecule has 0 rings (SSSR count). The van der Waals surface area contributed by atoms with Crippen molar-refractivity contribution >= 4 is 0 Å². The minimum absolute atomic E-state index is 0.0697. The number of nitrogens with zero attached hydrogens (tertiary/aromatic N) is 1. The molecule has 0 amide bonds. The molecule has 0 atom stereocenters. The first kappa shape index (κ1) is 14.0. The van der Waals surface area contributed by atoms with Crippen LogP contribution in [-0.2, 0) is 0 Å². The normalized spacial score (nSPS) is 8.42. The molecular formula is C10H23NO. The molecule has 0 aliphatic heterocycles. The van der Waals surface area contributed by atoms with E-state index >= 15 is 0 Å². The second kappa shape index (κ2) is 10.5. The van der Waals surface area contributed by atoms with Crippen LogP contribution < -0.4 is 0 Å². The molecule has 2 nitrogen and oxygen atoms in total. The zero-order valence-electron chi connectivity index (χ0n) is 8.93. The Morgan fingerprint density at radius 2 is 1.92 bits per heavy atom. The molecule has 0 fully saturated rings. The van der Waals surface area contributed by atoms with Gasteiger partial charge in [0.05, 0.1) is 6.61 Å². The highest BCUT2D eigenvalue weighted by atomic mass is 16.3. The molecule has 12 heavy (non-hydrogen) atoms. The number of hydrogen-bond donors (Lipinski definition) is 1. The Hall–Kier alpha value is -0.500. The van der Waals surface area contributed by atoms with Crippen LogP contribution in [0.3, 0.4) is 0 Å². The van der Waals surface area contributed by atoms with Gasteiger partial charge in [0.25, 0.3) is 0 Å². The van der Waals surface area contributed by atoms with Crippen molar-refractivity contribution in [1.82, 2.24) is 4.90 Å². The number of rotatable bonds is 5. The first-order chi connectivity index (χ1) is 5.72. The maximum Gasteiger partial charge on any atom is 0.0823 e. The molecule has 0 aliphatic rings. The van der Waals surface area contributed by atoms with Crippen molar-refractivity contribution in [2.75, 3.05) is 20.2 Å². The van der Waals surface area contributed by atoms with Gasteiger partial charge in [-0.15, -0.1) is 0 Å². The fraction of sp³-hybridized carbons (Fsp3) is 0.800. The van der Waals surface area contributed by atoms with Crippen molar-refractivity contribution in [3.8, 4) is 0 Å². The monoisotopic (exact) mass is 173 g/mol. The average molecular weight is 173 g/mol. The largest absolute Gasteiger partial charge is 0.390 e. The first-order valence-corrected chi connectivity index (χ1v) is 4.72. The first-order valence-electron chi connectivity index (χ1n) is 4.72. The zero-order valence-corrected chi connectivity index (χ0v) is 8.93. The van der Waals surface area contributed by atoms with Crippen molar-refractivity contribution in [1.29, 1.82) is 0 Å². The number of aliphatic hydroxyl groups excluding tert-OH is 1. The maximum absolute atomic E-state index is 8.66. The van der Waals surface area contributed by atoms with Gasteiger partial charge in [-0.05, 0) is 6.42 Å². The zero-order chi connectivity index (χ0) is 9.98. The molecule has 1 N–H and O–H groups in total. The van der Waals surface area contributed by atoms with Gasteiger partial charge in [0.2, 0.25) is 0 Å². The third kappa shape index (κ3) is 7.61. The Bertz CT molecular complexity index is 102. The lowest BCUT2D eigenvalue weighted by Gasteiger charge is -2.19. The Morgan fingerprint density at radius 1 is 1.42 bits per heavy atom. The number of unbranched alkanes of at least 4 members (excludes halogenated alkanes) is 1. The van der Waals surface area contributed by atoms with Gasteiger partial charge in [-0.1, -0.05) is 33.8 Å². The van der Waals surface area contributed by atoms with Crippen LogP contribution in [0.15, 0.2) is 12.3 Å². The van der Waals surface area contributed by atoms with E-state index in [0.29, 0.717) is 0 Å². The number of likely N-dealkylation sites (N-methyl/N-ethyl adjacent to an activating group) is 1. The number of aliphatic hydroxyl groups is 1. The molecular weight excluding hydrogens is 150 g/mol. The van der Waals surface area contributed by atoms with Crippen LogP contribution in [-0.4, -0.2) is 30.2 Å². The van der Waals surface area contributed by atoms with Gasteiger partial charge in [0.1, 0.15) is 0 Å². The third-order valence-electron chi connectivity index (χ3n) is 1.57. The van der Waals surface area contributed by atoms with Crippen LogP contribution >= 0.6 is 0 Å². The molecule has 0 spiro atoms. The van der Waals surface area contributed by atoms with Gasteiger partial charge in [-0.3, -0.25) is 0 Å². The van der Waals surface area contributed by atoms with Crippen LogP contribution in [0.25, 0.3) is 0 Å². The molecule has 0 heterocycles. The van der Waals surface area contributed by atoms with Crippen LogP contribution in [0.1, 0.15) is 33.6 Å². The van der Waals surface area contributed by atoms with Gasteiger partial charge in [-0.25, -0.2) is 0 Å². The van der Waals surface area contributed by atoms with E-state index in [1.807, 2.05) is 25.8 Å². The molecule has 0 aliphatic carbocycles. The molecule has 0 saturated heterocycles. The van der Waals surface area contributed by atoms with E-state index in [2.05, 4.69) is 13.5 Å². The molecule has 0 saturated carbocycles. The summed E-state index contributed by atoms with van der Waals surface area (Å²) >= 11 is 0. The summed E-state index contributed by atoms with van der Waals surface area (Å²) in [5.74, 6) is 0. The van der Waals surface area contributed by atoms with Crippen molar-refractivity contribution in [2.24, 2.45) is 0 Å². The SMILES string of the molecule is C=C(CO)N(C)CCCC.CC. The summed E-state index contributed by atoms with van der Waals surface area (Å²) in [6.07, 6.45) is 2.35. The van der Waals surface area contributed by atoms with Crippen LogP contribution in [0.2, 0.25) is 0 Å². The fourth-order valence-corrected chi connectivity index (χ4v) is 0.674. The lowest BCUT2D eigenvalue weighted by Crippen LogP contribution is -2.20. The predicted octanol–water partition coefficient (Wildman–Crippen LogP) is 2.25. The van der Waals surface area contributed by atoms with Gasteiger partial charge >= 0.3 is 0 Å². The Morgan fingerprint density at radius 3 is 2.25 bits per heavy atom. The third-order valence-corrected chi connectivity index (χ3v) is 1.57. The van der Waals surface area contributed by atoms with E-state index in [4.69, 9.17) is 5.11 Å². The highest BCUT2D eigenvalue weighted by Gasteiger charge is 1.97. The van der Waals surface area contributed by atoms with Crippen LogP contribution in [0.5, 0.6) is 0 Å². The van der Waals surface area contributed by atoms with E-state index in [-0.39, 0.29) is 6.61 Å². The van der Waals surface area contributed by atoms with Gasteiger partial charge < -0.3 is 10.0 Å². The van der Waals surface area contributed by atoms with Crippen molar-refractivity contribution in [3.05, 3.63) is 12.3 Å². The Labute approximate surface area is 76.9 Å². The highest BCUT2D eigenvalue weighted by molar-refractivity contribution is 4.91. The summed E-state index contributed by atoms with van der Waals surface area (Å²) in [5.41, 5.74) is 0.799. The quantitative estimate of drug-likeness (QED) is 0.689. The topological polar surface area (TPSA) is 23.5 Å². The van der Waals surface area contributed by atoms with Crippen molar-refractivity contribution in [3.63, 3.8) is 0 Å². The molecule has 74 valence electrons. The molecule has 0 bridgehead atoms. The van der Waals surface area contributed by atoms with E-state index < -0.39 is 0 Å². The standard InChI is InChI=1S/C8H17NO.C2H6/c1-4-5-6-9(3)8(2)7-10;1-2/h10H,2,4-7H2,1,3H3;1-2H3. The molecule has 0 radical (unpaired) electrons. The smallest absolute Gasteiger partial charge is 0.0823 e. The van der Waals surface area contributed by atoms with Crippen molar-refractivity contribution < 1.29 is 5.11 Å². The van der Waals surface area contributed by atoms with E-state index in [1.165, 1.54) is 6.42 Å². The van der Waals surface area contributed by atoms with Gasteiger partial charge in [0, 0.05) is 19.3 Å². The molecule has 0 aromatic heterocycles. The van der Waals surface area contributed by atoms with Crippen LogP contribution in [0.4, 0.5) is 0 Å². The summed E-state index contributed by atoms with van der Waals surface area (Å²) in [6, 6.07) is 0. The van der Waals surface area contributed by atoms with Gasteiger partial charge in [-0.2, -0.15) is 0 Å². The second-order valence-corrected chi connectivity index (χ2v) is 2.50. The minimum atomic E-state index is 0.0697. The summed E-state index contributed by atoms with van der Waals surface area (Å²) < 4.78 is 0. The summed E-state index contributed by atoms with van der Waals surface area (Å²) in [4.78, 5) is 1.99. The second-order valence-electron chi connectivity index (χ2n) is 2.50. The predicted molar refractivity (Wildman–Crippen MR) is 55.1 cm³/mol. The minimum Gasteiger partial charge on any atom is -0.390 e. The lowest BCUT2D eigenvalue weighted by atomic mass is 10.3. The summed E-state index contributed by atoms with van der Waals surface area (Å²) in [5, 5.41) is 8.66. The van der Waals surface area contributed by atoms with Gasteiger partial charge in [0.15, 0.2) is 0 Å². The lowest BCUT2D eigenvalue weighted by molar-refractivity contribution is 0.273. The fourth-order valence-electron chi connectivity index (χ4n) is 0.674. The molecule has 2 heteroatoms. The number of hydrogen-bond acceptors (Lipinski definition) is 2. The van der Waals surface area contributed by atoms with Crippen molar-refractivity contribution in [2.45, 2.75) is 33.6 Å². The highest BCUT2D eigenvalue weighted by Crippen LogP contribution is 1.98. The average Bonchev–Trinajstić information content (AvgIpc) is 2.16. The maximum atomic E-state index is 8.66. The van der Waals surface area contributed by atoms with E-state index in [9.17, 15) is 0 Å². The van der Waals surface area contributed by atoms with Crippen LogP contribution in [0, 0.1) is 0 Å². The Kier molecular flexibility index (Phi) is 12.3. The van der Waals surface area contributed by atoms with E-state index in [0.717, 1.165) is 18.7 Å². The molecule has 0 aromatic carbocycles. The summed E-state index contributed by atoms with van der Waals surface area (Å²) in [7, 11) is 1.95. The van der Waals surface area contributed by atoms with E-state index in [1.54, 1.807) is 0 Å². The molecule has 0 unspecified atom stereocenters. The molecule has 0 aromatic rings. The Balaban J connectivity index is 0.